The van der Waals surface area contributed by atoms with E-state index < -0.39 is 5.91 Å². The fourth-order valence-electron chi connectivity index (χ4n) is 2.22. The van der Waals surface area contributed by atoms with E-state index in [2.05, 4.69) is 4.90 Å². The quantitative estimate of drug-likeness (QED) is 0.837. The second-order valence-electron chi connectivity index (χ2n) is 4.96. The summed E-state index contributed by atoms with van der Waals surface area (Å²) in [4.78, 5) is 13.3. The number of hydrogen-bond acceptors (Lipinski definition) is 3. The molecule has 2 rings (SSSR count). The van der Waals surface area contributed by atoms with Crippen LogP contribution in [0.1, 0.15) is 21.5 Å². The van der Waals surface area contributed by atoms with Crippen LogP contribution < -0.4 is 16.4 Å². The molecule has 0 spiro atoms. The van der Waals surface area contributed by atoms with Gasteiger partial charge in [0.2, 0.25) is 5.91 Å². The lowest BCUT2D eigenvalue weighted by Crippen LogP contribution is -2.18. The number of amides is 1. The van der Waals surface area contributed by atoms with Crippen LogP contribution in [0.5, 0.6) is 0 Å². The molecule has 4 nitrogen and oxygen atoms in total. The Morgan fingerprint density at radius 3 is 2.55 bits per heavy atom. The molecule has 0 bridgehead atoms. The summed E-state index contributed by atoms with van der Waals surface area (Å²) in [7, 11) is 2.00. The van der Waals surface area contributed by atoms with Crippen LogP contribution in [0.4, 0.5) is 11.4 Å². The average molecular weight is 269 g/mol. The molecular formula is C16H19N3O. The predicted molar refractivity (Wildman–Crippen MR) is 82.7 cm³/mol. The minimum absolute atomic E-state index is 0.396. The number of anilines is 2. The van der Waals surface area contributed by atoms with E-state index in [1.54, 1.807) is 6.07 Å². The van der Waals surface area contributed by atoms with E-state index in [4.69, 9.17) is 11.5 Å². The van der Waals surface area contributed by atoms with Gasteiger partial charge in [-0.2, -0.15) is 0 Å². The molecule has 0 aromatic heterocycles. The summed E-state index contributed by atoms with van der Waals surface area (Å²) < 4.78 is 0. The molecule has 0 radical (unpaired) electrons. The van der Waals surface area contributed by atoms with Crippen molar-refractivity contribution in [3.8, 4) is 0 Å². The van der Waals surface area contributed by atoms with Crippen LogP contribution in [-0.2, 0) is 6.54 Å². The van der Waals surface area contributed by atoms with Crippen LogP contribution in [0.2, 0.25) is 0 Å². The zero-order valence-electron chi connectivity index (χ0n) is 11.8. The maximum atomic E-state index is 11.2. The van der Waals surface area contributed by atoms with Crippen LogP contribution in [0.3, 0.4) is 0 Å². The Morgan fingerprint density at radius 1 is 1.20 bits per heavy atom. The van der Waals surface area contributed by atoms with Crippen LogP contribution in [0.15, 0.2) is 42.5 Å². The van der Waals surface area contributed by atoms with Gasteiger partial charge in [-0.25, -0.2) is 0 Å². The van der Waals surface area contributed by atoms with E-state index >= 15 is 0 Å². The minimum Gasteiger partial charge on any atom is -0.399 e. The van der Waals surface area contributed by atoms with E-state index in [0.717, 1.165) is 29.0 Å². The third-order valence-electron chi connectivity index (χ3n) is 3.29. The molecule has 0 atom stereocenters. The molecule has 4 heteroatoms. The van der Waals surface area contributed by atoms with Crippen molar-refractivity contribution < 1.29 is 4.79 Å². The van der Waals surface area contributed by atoms with Gasteiger partial charge in [0.05, 0.1) is 0 Å². The molecule has 104 valence electrons. The summed E-state index contributed by atoms with van der Waals surface area (Å²) in [5, 5.41) is 0. The molecule has 0 fully saturated rings. The van der Waals surface area contributed by atoms with Crippen LogP contribution in [0, 0.1) is 6.92 Å². The number of primary amides is 1. The largest absolute Gasteiger partial charge is 0.399 e. The Morgan fingerprint density at radius 2 is 1.95 bits per heavy atom. The van der Waals surface area contributed by atoms with Crippen LogP contribution in [0.25, 0.3) is 0 Å². The summed E-state index contributed by atoms with van der Waals surface area (Å²) in [6.45, 7) is 2.64. The van der Waals surface area contributed by atoms with Crippen LogP contribution >= 0.6 is 0 Å². The number of hydrogen-bond donors (Lipinski definition) is 2. The molecule has 0 saturated heterocycles. The maximum Gasteiger partial charge on any atom is 0.248 e. The highest BCUT2D eigenvalue weighted by Crippen LogP contribution is 2.20. The molecule has 0 aliphatic heterocycles. The van der Waals surface area contributed by atoms with E-state index in [0.29, 0.717) is 5.56 Å². The lowest BCUT2D eigenvalue weighted by molar-refractivity contribution is 0.0999. The number of rotatable bonds is 4. The highest BCUT2D eigenvalue weighted by molar-refractivity contribution is 5.94. The standard InChI is InChI=1S/C16H19N3O/c1-11-8-14(6-7-15(11)16(18)20)19(2)10-12-4-3-5-13(17)9-12/h3-9H,10,17H2,1-2H3,(H2,18,20). The van der Waals surface area contributed by atoms with Crippen molar-refractivity contribution in [3.63, 3.8) is 0 Å². The van der Waals surface area contributed by atoms with Crippen molar-refractivity contribution in [3.05, 3.63) is 59.2 Å². The number of nitrogens with zero attached hydrogens (tertiary/aromatic N) is 1. The zero-order chi connectivity index (χ0) is 14.7. The predicted octanol–water partition coefficient (Wildman–Crippen LogP) is 2.31. The van der Waals surface area contributed by atoms with Crippen LogP contribution in [-0.4, -0.2) is 13.0 Å². The summed E-state index contributed by atoms with van der Waals surface area (Å²) in [6.07, 6.45) is 0. The van der Waals surface area contributed by atoms with E-state index in [9.17, 15) is 4.79 Å². The van der Waals surface area contributed by atoms with Gasteiger partial charge in [-0.3, -0.25) is 4.79 Å². The second kappa shape index (κ2) is 5.65. The Hall–Kier alpha value is -2.49. The number of nitrogens with two attached hydrogens (primary N) is 2. The molecule has 2 aromatic carbocycles. The van der Waals surface area contributed by atoms with Crippen molar-refractivity contribution in [2.45, 2.75) is 13.5 Å². The van der Waals surface area contributed by atoms with Gasteiger partial charge < -0.3 is 16.4 Å². The van der Waals surface area contributed by atoms with E-state index in [1.165, 1.54) is 0 Å². The lowest BCUT2D eigenvalue weighted by Gasteiger charge is -2.20. The van der Waals surface area contributed by atoms with Gasteiger partial charge in [-0.15, -0.1) is 0 Å². The van der Waals surface area contributed by atoms with Gasteiger partial charge in [-0.1, -0.05) is 12.1 Å². The Balaban J connectivity index is 2.19. The van der Waals surface area contributed by atoms with Crippen molar-refractivity contribution in [1.29, 1.82) is 0 Å². The molecule has 1 amide bonds. The SMILES string of the molecule is Cc1cc(N(C)Cc2cccc(N)c2)ccc1C(N)=O. The summed E-state index contributed by atoms with van der Waals surface area (Å²) >= 11 is 0. The highest BCUT2D eigenvalue weighted by atomic mass is 16.1. The zero-order valence-corrected chi connectivity index (χ0v) is 11.8. The molecule has 0 aliphatic rings. The third kappa shape index (κ3) is 3.09. The van der Waals surface area contributed by atoms with Crippen molar-refractivity contribution in [2.24, 2.45) is 5.73 Å². The first kappa shape index (κ1) is 13.9. The average Bonchev–Trinajstić information content (AvgIpc) is 2.38. The summed E-state index contributed by atoms with van der Waals surface area (Å²) in [5.41, 5.74) is 15.5. The fraction of sp³-hybridized carbons (Fsp3) is 0.188. The van der Waals surface area contributed by atoms with Gasteiger partial charge in [0.25, 0.3) is 0 Å². The topological polar surface area (TPSA) is 72.3 Å². The van der Waals surface area contributed by atoms with E-state index in [-0.39, 0.29) is 0 Å². The Kier molecular flexibility index (Phi) is 3.94. The van der Waals surface area contributed by atoms with E-state index in [1.807, 2.05) is 50.4 Å². The third-order valence-corrected chi connectivity index (χ3v) is 3.29. The Bertz CT molecular complexity index is 637. The second-order valence-corrected chi connectivity index (χ2v) is 4.96. The highest BCUT2D eigenvalue weighted by Gasteiger charge is 2.08. The summed E-state index contributed by atoms with van der Waals surface area (Å²) in [6, 6.07) is 13.4. The number of nitrogen functional groups attached to an aromatic ring is 1. The Labute approximate surface area is 119 Å². The molecule has 0 aliphatic carbocycles. The maximum absolute atomic E-state index is 11.2. The molecular weight excluding hydrogens is 250 g/mol. The molecule has 0 unspecified atom stereocenters. The van der Waals surface area contributed by atoms with Crippen molar-refractivity contribution >= 4 is 17.3 Å². The number of aryl methyl sites for hydroxylation is 1. The number of carbonyl (C=O) groups is 1. The molecule has 0 heterocycles. The van der Waals surface area contributed by atoms with Crippen molar-refractivity contribution in [2.75, 3.05) is 17.7 Å². The summed E-state index contributed by atoms with van der Waals surface area (Å²) in [5.74, 6) is -0.396. The van der Waals surface area contributed by atoms with Crippen molar-refractivity contribution in [1.82, 2.24) is 0 Å². The van der Waals surface area contributed by atoms with Gasteiger partial charge >= 0.3 is 0 Å². The first-order chi connectivity index (χ1) is 9.47. The molecule has 20 heavy (non-hydrogen) atoms. The van der Waals surface area contributed by atoms with Gasteiger partial charge in [-0.05, 0) is 48.4 Å². The smallest absolute Gasteiger partial charge is 0.248 e. The minimum atomic E-state index is -0.396. The van der Waals surface area contributed by atoms with Gasteiger partial charge in [0, 0.05) is 30.5 Å². The molecule has 4 N–H and O–H groups in total. The lowest BCUT2D eigenvalue weighted by atomic mass is 10.1. The molecule has 0 saturated carbocycles. The monoisotopic (exact) mass is 269 g/mol. The molecule has 2 aromatic rings. The number of carbonyl (C=O) groups excluding carboxylic acids is 1. The van der Waals surface area contributed by atoms with Gasteiger partial charge in [0.1, 0.15) is 0 Å². The first-order valence-electron chi connectivity index (χ1n) is 6.43. The first-order valence-corrected chi connectivity index (χ1v) is 6.43. The fourth-order valence-corrected chi connectivity index (χ4v) is 2.22. The normalized spacial score (nSPS) is 10.3. The van der Waals surface area contributed by atoms with Gasteiger partial charge in [0.15, 0.2) is 0 Å². The number of benzene rings is 2.